The number of nitro benzene ring substituents is 1. The lowest BCUT2D eigenvalue weighted by molar-refractivity contribution is -0.383. The average molecular weight is 338 g/mol. The van der Waals surface area contributed by atoms with Crippen LogP contribution in [0.15, 0.2) is 42.0 Å². The van der Waals surface area contributed by atoms with Gasteiger partial charge in [-0.3, -0.25) is 14.9 Å². The highest BCUT2D eigenvalue weighted by molar-refractivity contribution is 6.13. The molecule has 2 aromatic rings. The number of ether oxygens (including phenoxy) is 1. The first kappa shape index (κ1) is 16.7. The molecular formula is C19H18N2O4. The molecule has 6 heteroatoms. The number of hydrogen-bond donors (Lipinski definition) is 1. The largest absolute Gasteiger partial charge is 0.497 e. The van der Waals surface area contributed by atoms with E-state index in [2.05, 4.69) is 5.32 Å². The first-order valence-electron chi connectivity index (χ1n) is 7.92. The number of Topliss-reactive ketones (excluding diaryl/α,β-unsaturated/α-hetero) is 1. The summed E-state index contributed by atoms with van der Waals surface area (Å²) in [6.45, 7) is 0. The predicted octanol–water partition coefficient (Wildman–Crippen LogP) is 3.86. The molecule has 0 bridgehead atoms. The van der Waals surface area contributed by atoms with Gasteiger partial charge in [0.25, 0.3) is 5.69 Å². The number of carbonyl (C=O) groups is 1. The van der Waals surface area contributed by atoms with Gasteiger partial charge in [0.2, 0.25) is 0 Å². The van der Waals surface area contributed by atoms with E-state index in [0.29, 0.717) is 28.8 Å². The van der Waals surface area contributed by atoms with Gasteiger partial charge < -0.3 is 10.1 Å². The molecule has 0 amide bonds. The summed E-state index contributed by atoms with van der Waals surface area (Å²) in [4.78, 5) is 23.5. The number of anilines is 1. The van der Waals surface area contributed by atoms with E-state index in [0.717, 1.165) is 17.7 Å². The Kier molecular flexibility index (Phi) is 4.52. The molecule has 0 aromatic heterocycles. The summed E-state index contributed by atoms with van der Waals surface area (Å²) in [5.74, 6) is 0.696. The Morgan fingerprint density at radius 3 is 2.68 bits per heavy atom. The molecule has 1 aliphatic rings. The van der Waals surface area contributed by atoms with Gasteiger partial charge in [0.05, 0.1) is 12.0 Å². The smallest absolute Gasteiger partial charge is 0.292 e. The highest BCUT2D eigenvalue weighted by atomic mass is 16.6. The van der Waals surface area contributed by atoms with Crippen LogP contribution in [0.25, 0.3) is 6.08 Å². The number of fused-ring (bicyclic) bond motifs is 1. The molecule has 0 saturated heterocycles. The van der Waals surface area contributed by atoms with E-state index in [9.17, 15) is 14.9 Å². The van der Waals surface area contributed by atoms with Crippen molar-refractivity contribution in [3.05, 3.63) is 68.8 Å². The van der Waals surface area contributed by atoms with Crippen LogP contribution in [0.3, 0.4) is 0 Å². The number of ketones is 1. The Balaban J connectivity index is 1.96. The number of rotatable bonds is 4. The third-order valence-corrected chi connectivity index (χ3v) is 4.34. The van der Waals surface area contributed by atoms with Gasteiger partial charge in [-0.15, -0.1) is 0 Å². The van der Waals surface area contributed by atoms with E-state index >= 15 is 0 Å². The van der Waals surface area contributed by atoms with Gasteiger partial charge in [-0.2, -0.15) is 0 Å². The van der Waals surface area contributed by atoms with Gasteiger partial charge >= 0.3 is 0 Å². The molecule has 0 unspecified atom stereocenters. The molecule has 128 valence electrons. The summed E-state index contributed by atoms with van der Waals surface area (Å²) in [5.41, 5.74) is 3.37. The Hall–Kier alpha value is -3.15. The molecule has 1 N–H and O–H groups in total. The molecule has 0 atom stereocenters. The van der Waals surface area contributed by atoms with Gasteiger partial charge in [0, 0.05) is 24.3 Å². The lowest BCUT2D eigenvalue weighted by atomic mass is 9.86. The number of nitrogens with zero attached hydrogens (tertiary/aromatic N) is 1. The van der Waals surface area contributed by atoms with Gasteiger partial charge in [-0.25, -0.2) is 0 Å². The van der Waals surface area contributed by atoms with E-state index in [-0.39, 0.29) is 11.5 Å². The molecule has 3 rings (SSSR count). The van der Waals surface area contributed by atoms with Crippen molar-refractivity contribution in [3.8, 4) is 5.75 Å². The van der Waals surface area contributed by atoms with Gasteiger partial charge in [-0.1, -0.05) is 6.07 Å². The zero-order valence-electron chi connectivity index (χ0n) is 14.0. The van der Waals surface area contributed by atoms with Crippen molar-refractivity contribution >= 4 is 23.2 Å². The van der Waals surface area contributed by atoms with Crippen LogP contribution in [-0.2, 0) is 6.42 Å². The Labute approximate surface area is 145 Å². The number of methoxy groups -OCH3 is 1. The van der Waals surface area contributed by atoms with Crippen molar-refractivity contribution in [3.63, 3.8) is 0 Å². The SMILES string of the molecule is CNc1ccc(/C=C2\CCc3cc(OC)ccc3C2=O)cc1[N+](=O)[O-]. The third kappa shape index (κ3) is 3.24. The maximum atomic E-state index is 12.7. The van der Waals surface area contributed by atoms with Gasteiger partial charge in [-0.05, 0) is 54.3 Å². The van der Waals surface area contributed by atoms with Crippen LogP contribution in [0.5, 0.6) is 5.75 Å². The summed E-state index contributed by atoms with van der Waals surface area (Å²) < 4.78 is 5.20. The van der Waals surface area contributed by atoms with Crippen LogP contribution in [0.1, 0.15) is 27.9 Å². The number of carbonyl (C=O) groups excluding carboxylic acids is 1. The van der Waals surface area contributed by atoms with Crippen molar-refractivity contribution in [2.75, 3.05) is 19.5 Å². The molecule has 0 fully saturated rings. The fourth-order valence-electron chi connectivity index (χ4n) is 3.02. The molecule has 25 heavy (non-hydrogen) atoms. The van der Waals surface area contributed by atoms with Gasteiger partial charge in [0.1, 0.15) is 11.4 Å². The number of benzene rings is 2. The molecular weight excluding hydrogens is 320 g/mol. The van der Waals surface area contributed by atoms with E-state index in [1.165, 1.54) is 6.07 Å². The topological polar surface area (TPSA) is 81.5 Å². The van der Waals surface area contributed by atoms with E-state index < -0.39 is 4.92 Å². The minimum Gasteiger partial charge on any atom is -0.497 e. The molecule has 0 spiro atoms. The van der Waals surface area contributed by atoms with Crippen molar-refractivity contribution < 1.29 is 14.5 Å². The minimum absolute atomic E-state index is 0.00903. The average Bonchev–Trinajstić information content (AvgIpc) is 2.63. The second kappa shape index (κ2) is 6.76. The summed E-state index contributed by atoms with van der Waals surface area (Å²) >= 11 is 0. The molecule has 2 aromatic carbocycles. The lowest BCUT2D eigenvalue weighted by Crippen LogP contribution is -2.14. The van der Waals surface area contributed by atoms with E-state index in [4.69, 9.17) is 4.74 Å². The Morgan fingerprint density at radius 2 is 2.00 bits per heavy atom. The predicted molar refractivity (Wildman–Crippen MR) is 96.3 cm³/mol. The summed E-state index contributed by atoms with van der Waals surface area (Å²) in [7, 11) is 3.23. The normalized spacial score (nSPS) is 15.0. The van der Waals surface area contributed by atoms with Crippen LogP contribution in [0.2, 0.25) is 0 Å². The second-order valence-corrected chi connectivity index (χ2v) is 5.81. The number of allylic oxidation sites excluding steroid dienone is 1. The maximum Gasteiger partial charge on any atom is 0.292 e. The second-order valence-electron chi connectivity index (χ2n) is 5.81. The number of aryl methyl sites for hydroxylation is 1. The van der Waals surface area contributed by atoms with E-state index in [1.807, 2.05) is 6.07 Å². The molecule has 1 aliphatic carbocycles. The molecule has 0 radical (unpaired) electrons. The summed E-state index contributed by atoms with van der Waals surface area (Å²) in [6.07, 6.45) is 3.07. The Morgan fingerprint density at radius 1 is 1.20 bits per heavy atom. The van der Waals surface area contributed by atoms with Crippen LogP contribution in [-0.4, -0.2) is 24.9 Å². The third-order valence-electron chi connectivity index (χ3n) is 4.34. The van der Waals surface area contributed by atoms with Crippen molar-refractivity contribution in [1.29, 1.82) is 0 Å². The van der Waals surface area contributed by atoms with Gasteiger partial charge in [0.15, 0.2) is 5.78 Å². The minimum atomic E-state index is -0.432. The fourth-order valence-corrected chi connectivity index (χ4v) is 3.02. The van der Waals surface area contributed by atoms with Crippen molar-refractivity contribution in [1.82, 2.24) is 0 Å². The zero-order chi connectivity index (χ0) is 18.0. The zero-order valence-corrected chi connectivity index (χ0v) is 14.0. The number of hydrogen-bond acceptors (Lipinski definition) is 5. The quantitative estimate of drug-likeness (QED) is 0.520. The fraction of sp³-hybridized carbons (Fsp3) is 0.211. The standard InChI is InChI=1S/C19H18N2O4/c1-20-17-8-3-12(10-18(17)21(23)24)9-14-5-4-13-11-15(25-2)6-7-16(13)19(14)22/h3,6-11,20H,4-5H2,1-2H3/b14-9+. The molecule has 0 saturated carbocycles. The molecule has 0 heterocycles. The van der Waals surface area contributed by atoms with Crippen LogP contribution in [0, 0.1) is 10.1 Å². The monoisotopic (exact) mass is 338 g/mol. The highest BCUT2D eigenvalue weighted by Gasteiger charge is 2.22. The van der Waals surface area contributed by atoms with E-state index in [1.54, 1.807) is 44.5 Å². The van der Waals surface area contributed by atoms with Crippen LogP contribution < -0.4 is 10.1 Å². The molecule has 6 nitrogen and oxygen atoms in total. The summed E-state index contributed by atoms with van der Waals surface area (Å²) in [6, 6.07) is 10.3. The first-order valence-corrected chi connectivity index (χ1v) is 7.92. The maximum absolute atomic E-state index is 12.7. The number of nitrogens with one attached hydrogen (secondary N) is 1. The highest BCUT2D eigenvalue weighted by Crippen LogP contribution is 2.31. The number of nitro groups is 1. The van der Waals surface area contributed by atoms with Crippen LogP contribution in [0.4, 0.5) is 11.4 Å². The Bertz CT molecular complexity index is 887. The van der Waals surface area contributed by atoms with Crippen LogP contribution >= 0.6 is 0 Å². The molecule has 0 aliphatic heterocycles. The van der Waals surface area contributed by atoms with Crippen molar-refractivity contribution in [2.24, 2.45) is 0 Å². The first-order chi connectivity index (χ1) is 12.0. The lowest BCUT2D eigenvalue weighted by Gasteiger charge is -2.18. The summed E-state index contributed by atoms with van der Waals surface area (Å²) in [5, 5.41) is 14.0. The van der Waals surface area contributed by atoms with Crippen molar-refractivity contribution in [2.45, 2.75) is 12.8 Å².